The van der Waals surface area contributed by atoms with Crippen LogP contribution in [-0.2, 0) is 4.84 Å². The monoisotopic (exact) mass is 285 g/mol. The van der Waals surface area contributed by atoms with Gasteiger partial charge in [-0.15, -0.1) is 0 Å². The second-order valence-corrected chi connectivity index (χ2v) is 4.81. The van der Waals surface area contributed by atoms with E-state index in [1.54, 1.807) is 42.5 Å². The van der Waals surface area contributed by atoms with E-state index < -0.39 is 0 Å². The number of hydrogen-bond acceptors (Lipinski definition) is 5. The Morgan fingerprint density at radius 1 is 1.14 bits per heavy atom. The van der Waals surface area contributed by atoms with Crippen LogP contribution in [0.25, 0.3) is 0 Å². The molecule has 108 valence electrons. The lowest BCUT2D eigenvalue weighted by Gasteiger charge is -2.11. The van der Waals surface area contributed by atoms with Gasteiger partial charge in [-0.25, -0.2) is 0 Å². The average molecular weight is 285 g/mol. The molecule has 3 rings (SSSR count). The van der Waals surface area contributed by atoms with E-state index in [1.807, 2.05) is 0 Å². The van der Waals surface area contributed by atoms with Crippen LogP contribution >= 0.6 is 0 Å². The molecule has 5 heteroatoms. The number of aromatic hydroxyl groups is 2. The van der Waals surface area contributed by atoms with Crippen molar-refractivity contribution in [1.29, 1.82) is 0 Å². The molecule has 0 aliphatic carbocycles. The van der Waals surface area contributed by atoms with Crippen molar-refractivity contribution < 1.29 is 19.8 Å². The number of methoxy groups -OCH3 is 1. The molecule has 1 aliphatic rings. The molecule has 0 saturated carbocycles. The first kappa shape index (κ1) is 13.3. The first-order chi connectivity index (χ1) is 10.2. The van der Waals surface area contributed by atoms with E-state index in [0.717, 1.165) is 16.8 Å². The molecule has 0 amide bonds. The molecule has 1 aliphatic heterocycles. The lowest BCUT2D eigenvalue weighted by molar-refractivity contribution is 0.0855. The summed E-state index contributed by atoms with van der Waals surface area (Å²) in [5.41, 5.74) is 2.63. The van der Waals surface area contributed by atoms with Gasteiger partial charge in [0.15, 0.2) is 17.6 Å². The van der Waals surface area contributed by atoms with E-state index in [9.17, 15) is 10.2 Å². The molecule has 1 atom stereocenters. The number of rotatable bonds is 3. The van der Waals surface area contributed by atoms with Gasteiger partial charge in [0.05, 0.1) is 12.8 Å². The molecule has 0 spiro atoms. The van der Waals surface area contributed by atoms with Crippen molar-refractivity contribution in [2.75, 3.05) is 7.11 Å². The number of benzene rings is 2. The van der Waals surface area contributed by atoms with Crippen molar-refractivity contribution >= 4 is 5.71 Å². The van der Waals surface area contributed by atoms with Gasteiger partial charge in [-0.1, -0.05) is 11.2 Å². The summed E-state index contributed by atoms with van der Waals surface area (Å²) in [5.74, 6) is 0.728. The van der Waals surface area contributed by atoms with Crippen LogP contribution in [0.1, 0.15) is 23.7 Å². The highest BCUT2D eigenvalue weighted by Gasteiger charge is 2.24. The van der Waals surface area contributed by atoms with Crippen LogP contribution in [0, 0.1) is 0 Å². The van der Waals surface area contributed by atoms with E-state index in [-0.39, 0.29) is 17.6 Å². The molecule has 0 radical (unpaired) electrons. The zero-order valence-corrected chi connectivity index (χ0v) is 11.5. The number of phenolic OH excluding ortho intramolecular Hbond substituents is 2. The average Bonchev–Trinajstić information content (AvgIpc) is 2.98. The summed E-state index contributed by atoms with van der Waals surface area (Å²) < 4.78 is 5.10. The van der Waals surface area contributed by atoms with E-state index in [1.165, 1.54) is 7.11 Å². The highest BCUT2D eigenvalue weighted by Crippen LogP contribution is 2.34. The lowest BCUT2D eigenvalue weighted by Crippen LogP contribution is -2.01. The molecule has 0 aromatic heterocycles. The predicted octanol–water partition coefficient (Wildman–Crippen LogP) is 2.97. The highest BCUT2D eigenvalue weighted by atomic mass is 16.6. The fraction of sp³-hybridized carbons (Fsp3) is 0.188. The number of phenols is 2. The van der Waals surface area contributed by atoms with Gasteiger partial charge in [-0.2, -0.15) is 0 Å². The largest absolute Gasteiger partial charge is 0.508 e. The van der Waals surface area contributed by atoms with Crippen molar-refractivity contribution in [3.05, 3.63) is 53.6 Å². The maximum absolute atomic E-state index is 9.62. The first-order valence-corrected chi connectivity index (χ1v) is 6.56. The van der Waals surface area contributed by atoms with Gasteiger partial charge in [-0.3, -0.25) is 0 Å². The quantitative estimate of drug-likeness (QED) is 0.909. The van der Waals surface area contributed by atoms with E-state index in [4.69, 9.17) is 9.57 Å². The third-order valence-corrected chi connectivity index (χ3v) is 3.44. The summed E-state index contributed by atoms with van der Waals surface area (Å²) >= 11 is 0. The van der Waals surface area contributed by atoms with Crippen LogP contribution < -0.4 is 4.74 Å². The van der Waals surface area contributed by atoms with Crippen molar-refractivity contribution in [1.82, 2.24) is 0 Å². The van der Waals surface area contributed by atoms with E-state index in [0.29, 0.717) is 12.2 Å². The molecule has 2 N–H and O–H groups in total. The van der Waals surface area contributed by atoms with Gasteiger partial charge < -0.3 is 19.8 Å². The van der Waals surface area contributed by atoms with Crippen LogP contribution in [-0.4, -0.2) is 23.0 Å². The SMILES string of the molecule is COc1cc(C2CC(c3ccc(O)cc3)=NO2)ccc1O. The summed E-state index contributed by atoms with van der Waals surface area (Å²) in [6.45, 7) is 0. The first-order valence-electron chi connectivity index (χ1n) is 6.56. The summed E-state index contributed by atoms with van der Waals surface area (Å²) in [6.07, 6.45) is 0.418. The topological polar surface area (TPSA) is 71.3 Å². The van der Waals surface area contributed by atoms with Crippen LogP contribution in [0.3, 0.4) is 0 Å². The van der Waals surface area contributed by atoms with E-state index in [2.05, 4.69) is 5.16 Å². The third kappa shape index (κ3) is 2.63. The van der Waals surface area contributed by atoms with Crippen molar-refractivity contribution in [2.24, 2.45) is 5.16 Å². The maximum atomic E-state index is 9.62. The van der Waals surface area contributed by atoms with E-state index >= 15 is 0 Å². The Labute approximate surface area is 122 Å². The van der Waals surface area contributed by atoms with Crippen LogP contribution in [0.2, 0.25) is 0 Å². The summed E-state index contributed by atoms with van der Waals surface area (Å²) in [5, 5.41) is 23.0. The Morgan fingerprint density at radius 3 is 2.62 bits per heavy atom. The predicted molar refractivity (Wildman–Crippen MR) is 77.7 cm³/mol. The molecule has 5 nitrogen and oxygen atoms in total. The fourth-order valence-corrected chi connectivity index (χ4v) is 2.27. The van der Waals surface area contributed by atoms with Gasteiger partial charge in [-0.05, 0) is 47.5 Å². The summed E-state index contributed by atoms with van der Waals surface area (Å²) in [6, 6.07) is 12.0. The van der Waals surface area contributed by atoms with Crippen molar-refractivity contribution in [3.63, 3.8) is 0 Å². The molecule has 21 heavy (non-hydrogen) atoms. The minimum atomic E-state index is -0.205. The third-order valence-electron chi connectivity index (χ3n) is 3.44. The molecule has 0 saturated heterocycles. The molecular weight excluding hydrogens is 270 g/mol. The zero-order chi connectivity index (χ0) is 14.8. The summed E-state index contributed by atoms with van der Waals surface area (Å²) in [7, 11) is 1.51. The van der Waals surface area contributed by atoms with Crippen LogP contribution in [0.4, 0.5) is 0 Å². The number of ether oxygens (including phenoxy) is 1. The Kier molecular flexibility index (Phi) is 3.39. The minimum Gasteiger partial charge on any atom is -0.508 e. The standard InChI is InChI=1S/C16H15NO4/c1-20-16-8-11(4-7-14(16)19)15-9-13(17-21-15)10-2-5-12(18)6-3-10/h2-8,15,18-19H,9H2,1H3. The van der Waals surface area contributed by atoms with Gasteiger partial charge in [0.1, 0.15) is 5.75 Å². The zero-order valence-electron chi connectivity index (χ0n) is 11.5. The van der Waals surface area contributed by atoms with Gasteiger partial charge in [0.25, 0.3) is 0 Å². The number of hydrogen-bond donors (Lipinski definition) is 2. The maximum Gasteiger partial charge on any atom is 0.160 e. The Hall–Kier alpha value is -2.69. The molecule has 2 aromatic rings. The Bertz CT molecular complexity index is 679. The molecule has 2 aromatic carbocycles. The number of oxime groups is 1. The van der Waals surface area contributed by atoms with Gasteiger partial charge >= 0.3 is 0 Å². The highest BCUT2D eigenvalue weighted by molar-refractivity contribution is 6.01. The Balaban J connectivity index is 1.78. The molecule has 0 fully saturated rings. The van der Waals surface area contributed by atoms with Crippen LogP contribution in [0.5, 0.6) is 17.2 Å². The second-order valence-electron chi connectivity index (χ2n) is 4.81. The summed E-state index contributed by atoms with van der Waals surface area (Å²) in [4.78, 5) is 5.46. The smallest absolute Gasteiger partial charge is 0.160 e. The van der Waals surface area contributed by atoms with Crippen molar-refractivity contribution in [2.45, 2.75) is 12.5 Å². The molecule has 1 unspecified atom stereocenters. The molecular formula is C16H15NO4. The lowest BCUT2D eigenvalue weighted by atomic mass is 10.00. The minimum absolute atomic E-state index is 0.0962. The second kappa shape index (κ2) is 5.36. The van der Waals surface area contributed by atoms with Gasteiger partial charge in [0, 0.05) is 6.42 Å². The van der Waals surface area contributed by atoms with Crippen molar-refractivity contribution in [3.8, 4) is 17.2 Å². The Morgan fingerprint density at radius 2 is 1.90 bits per heavy atom. The fourth-order valence-electron chi connectivity index (χ4n) is 2.27. The number of nitrogens with zero attached hydrogens (tertiary/aromatic N) is 1. The normalized spacial score (nSPS) is 17.2. The van der Waals surface area contributed by atoms with Gasteiger partial charge in [0.2, 0.25) is 0 Å². The molecule has 0 bridgehead atoms. The molecule has 1 heterocycles. The van der Waals surface area contributed by atoms with Crippen LogP contribution in [0.15, 0.2) is 47.6 Å².